The topological polar surface area (TPSA) is 133 Å². The minimum atomic E-state index is -0.665. The Hall–Kier alpha value is -4.21. The van der Waals surface area contributed by atoms with Crippen LogP contribution in [0.5, 0.6) is 0 Å². The lowest BCUT2D eigenvalue weighted by Gasteiger charge is -2.29. The molecule has 10 nitrogen and oxygen atoms in total. The largest absolute Gasteiger partial charge is 0.348 e. The van der Waals surface area contributed by atoms with Gasteiger partial charge in [0.25, 0.3) is 11.8 Å². The molecule has 3 N–H and O–H groups in total. The van der Waals surface area contributed by atoms with Gasteiger partial charge in [-0.3, -0.25) is 29.1 Å². The van der Waals surface area contributed by atoms with Crippen LogP contribution in [0, 0.1) is 0 Å². The fourth-order valence-electron chi connectivity index (χ4n) is 4.77. The molecule has 2 aromatic carbocycles. The van der Waals surface area contributed by atoms with E-state index in [1.807, 2.05) is 26.0 Å². The normalized spacial score (nSPS) is 17.7. The number of benzene rings is 2. The first-order valence-electron chi connectivity index (χ1n) is 11.5. The standard InChI is InChI=1S/C25H25N5O5/c1-13(2)30-20-10-15(5-6-18(20)27-25(30)35)22(32)26-11-14-3-4-16-12-29(24(34)17(16)9-14)19-7-8-21(31)28-23(19)33/h3-6,9-10,13,19H,7-8,11-12H2,1-2H3,(H,26,32)(H,27,35)(H,28,31,33). The average molecular weight is 476 g/mol. The molecule has 3 aromatic rings. The van der Waals surface area contributed by atoms with Crippen LogP contribution in [0.1, 0.15) is 64.6 Å². The summed E-state index contributed by atoms with van der Waals surface area (Å²) in [7, 11) is 0. The Balaban J connectivity index is 1.29. The highest BCUT2D eigenvalue weighted by Gasteiger charge is 2.39. The molecule has 2 aliphatic rings. The van der Waals surface area contributed by atoms with Crippen LogP contribution in [-0.2, 0) is 22.7 Å². The molecular formula is C25H25N5O5. The zero-order chi connectivity index (χ0) is 24.9. The summed E-state index contributed by atoms with van der Waals surface area (Å²) >= 11 is 0. The molecule has 180 valence electrons. The quantitative estimate of drug-likeness (QED) is 0.482. The summed E-state index contributed by atoms with van der Waals surface area (Å²) in [6.45, 7) is 4.32. The van der Waals surface area contributed by atoms with E-state index in [1.165, 1.54) is 4.90 Å². The van der Waals surface area contributed by atoms with Crippen LogP contribution in [0.4, 0.5) is 0 Å². The van der Waals surface area contributed by atoms with Gasteiger partial charge >= 0.3 is 5.69 Å². The third kappa shape index (κ3) is 4.01. The Morgan fingerprint density at radius 2 is 1.91 bits per heavy atom. The number of fused-ring (bicyclic) bond motifs is 2. The van der Waals surface area contributed by atoms with Crippen molar-refractivity contribution in [3.05, 3.63) is 69.1 Å². The Morgan fingerprint density at radius 3 is 2.66 bits per heavy atom. The maximum Gasteiger partial charge on any atom is 0.326 e. The number of H-pyrrole nitrogens is 1. The lowest BCUT2D eigenvalue weighted by molar-refractivity contribution is -0.136. The van der Waals surface area contributed by atoms with Crippen LogP contribution >= 0.6 is 0 Å². The second-order valence-corrected chi connectivity index (χ2v) is 9.20. The zero-order valence-corrected chi connectivity index (χ0v) is 19.4. The number of amides is 4. The van der Waals surface area contributed by atoms with Gasteiger partial charge in [-0.25, -0.2) is 4.79 Å². The Labute approximate surface area is 200 Å². The lowest BCUT2D eigenvalue weighted by atomic mass is 10.0. The molecule has 2 aliphatic heterocycles. The minimum Gasteiger partial charge on any atom is -0.348 e. The molecular weight excluding hydrogens is 450 g/mol. The first-order valence-corrected chi connectivity index (χ1v) is 11.5. The summed E-state index contributed by atoms with van der Waals surface area (Å²) in [5.41, 5.74) is 3.58. The van der Waals surface area contributed by atoms with Crippen molar-refractivity contribution in [3.63, 3.8) is 0 Å². The van der Waals surface area contributed by atoms with Gasteiger partial charge in [-0.1, -0.05) is 12.1 Å². The van der Waals surface area contributed by atoms with Gasteiger partial charge in [-0.05, 0) is 55.7 Å². The Kier molecular flexibility index (Phi) is 5.50. The lowest BCUT2D eigenvalue weighted by Crippen LogP contribution is -2.52. The maximum absolute atomic E-state index is 13.0. The molecule has 3 heterocycles. The summed E-state index contributed by atoms with van der Waals surface area (Å²) in [5, 5.41) is 5.16. The number of nitrogens with zero attached hydrogens (tertiary/aromatic N) is 2. The van der Waals surface area contributed by atoms with Crippen molar-refractivity contribution in [2.75, 3.05) is 0 Å². The van der Waals surface area contributed by atoms with Gasteiger partial charge in [0.15, 0.2) is 0 Å². The van der Waals surface area contributed by atoms with Gasteiger partial charge in [0, 0.05) is 36.7 Å². The van der Waals surface area contributed by atoms with E-state index >= 15 is 0 Å². The Bertz CT molecular complexity index is 1450. The van der Waals surface area contributed by atoms with Crippen LogP contribution in [0.2, 0.25) is 0 Å². The van der Waals surface area contributed by atoms with E-state index in [0.717, 1.165) is 11.1 Å². The van der Waals surface area contributed by atoms with Crippen molar-refractivity contribution in [2.45, 2.75) is 51.9 Å². The summed E-state index contributed by atoms with van der Waals surface area (Å²) in [6, 6.07) is 9.73. The van der Waals surface area contributed by atoms with Gasteiger partial charge in [-0.15, -0.1) is 0 Å². The maximum atomic E-state index is 13.0. The molecule has 35 heavy (non-hydrogen) atoms. The number of hydrogen-bond donors (Lipinski definition) is 3. The van der Waals surface area contributed by atoms with E-state index in [4.69, 9.17) is 0 Å². The number of hydrogen-bond acceptors (Lipinski definition) is 5. The molecule has 0 spiro atoms. The first kappa shape index (κ1) is 22.6. The number of rotatable bonds is 5. The van der Waals surface area contributed by atoms with Crippen LogP contribution in [0.3, 0.4) is 0 Å². The molecule has 5 rings (SSSR count). The van der Waals surface area contributed by atoms with E-state index in [9.17, 15) is 24.0 Å². The molecule has 0 saturated carbocycles. The van der Waals surface area contributed by atoms with Crippen molar-refractivity contribution >= 4 is 34.7 Å². The summed E-state index contributed by atoms with van der Waals surface area (Å²) < 4.78 is 1.60. The van der Waals surface area contributed by atoms with Gasteiger partial charge in [0.1, 0.15) is 6.04 Å². The minimum absolute atomic E-state index is 0.0572. The van der Waals surface area contributed by atoms with E-state index in [0.29, 0.717) is 35.1 Å². The van der Waals surface area contributed by atoms with Crippen LogP contribution in [0.15, 0.2) is 41.2 Å². The number of aromatic nitrogens is 2. The molecule has 1 fully saturated rings. The molecule has 1 unspecified atom stereocenters. The summed E-state index contributed by atoms with van der Waals surface area (Å²) in [4.78, 5) is 65.9. The van der Waals surface area contributed by atoms with Crippen LogP contribution < -0.4 is 16.3 Å². The van der Waals surface area contributed by atoms with Gasteiger partial charge in [0.2, 0.25) is 11.8 Å². The number of piperidine rings is 1. The second kappa shape index (κ2) is 8.53. The van der Waals surface area contributed by atoms with E-state index < -0.39 is 11.9 Å². The van der Waals surface area contributed by atoms with Crippen LogP contribution in [-0.4, -0.2) is 44.1 Å². The predicted molar refractivity (Wildman–Crippen MR) is 127 cm³/mol. The first-order chi connectivity index (χ1) is 16.7. The zero-order valence-electron chi connectivity index (χ0n) is 19.4. The smallest absolute Gasteiger partial charge is 0.326 e. The van der Waals surface area contributed by atoms with Crippen molar-refractivity contribution in [1.82, 2.24) is 25.1 Å². The molecule has 4 amide bonds. The highest BCUT2D eigenvalue weighted by atomic mass is 16.2. The summed E-state index contributed by atoms with van der Waals surface area (Å²) in [6.07, 6.45) is 0.513. The summed E-state index contributed by atoms with van der Waals surface area (Å²) in [5.74, 6) is -1.33. The number of carbonyl (C=O) groups is 4. The van der Waals surface area contributed by atoms with Crippen molar-refractivity contribution in [1.29, 1.82) is 0 Å². The Morgan fingerprint density at radius 1 is 1.11 bits per heavy atom. The fraction of sp³-hybridized carbons (Fsp3) is 0.320. The van der Waals surface area contributed by atoms with Gasteiger partial charge in [-0.2, -0.15) is 0 Å². The van der Waals surface area contributed by atoms with Crippen molar-refractivity contribution < 1.29 is 19.2 Å². The van der Waals surface area contributed by atoms with E-state index in [1.54, 1.807) is 28.8 Å². The fourth-order valence-corrected chi connectivity index (χ4v) is 4.77. The molecule has 1 aromatic heterocycles. The van der Waals surface area contributed by atoms with E-state index in [-0.39, 0.29) is 42.4 Å². The van der Waals surface area contributed by atoms with Gasteiger partial charge < -0.3 is 15.2 Å². The number of carbonyl (C=O) groups excluding carboxylic acids is 4. The molecule has 0 bridgehead atoms. The van der Waals surface area contributed by atoms with Crippen LogP contribution in [0.25, 0.3) is 11.0 Å². The molecule has 10 heteroatoms. The highest BCUT2D eigenvalue weighted by molar-refractivity contribution is 6.05. The second-order valence-electron chi connectivity index (χ2n) is 9.20. The molecule has 1 saturated heterocycles. The molecule has 0 radical (unpaired) electrons. The third-order valence-electron chi connectivity index (χ3n) is 6.54. The molecule has 0 aliphatic carbocycles. The SMILES string of the molecule is CC(C)n1c(=O)[nH]c2ccc(C(=O)NCc3ccc4c(c3)C(=O)N(C3CCC(=O)NC3=O)C4)cc21. The monoisotopic (exact) mass is 475 g/mol. The number of imidazole rings is 1. The highest BCUT2D eigenvalue weighted by Crippen LogP contribution is 2.28. The van der Waals surface area contributed by atoms with Gasteiger partial charge in [0.05, 0.1) is 11.0 Å². The third-order valence-corrected chi connectivity index (χ3v) is 6.54. The van der Waals surface area contributed by atoms with Crippen molar-refractivity contribution in [3.8, 4) is 0 Å². The molecule has 1 atom stereocenters. The predicted octanol–water partition coefficient (Wildman–Crippen LogP) is 1.60. The van der Waals surface area contributed by atoms with E-state index in [2.05, 4.69) is 15.6 Å². The van der Waals surface area contributed by atoms with Crippen molar-refractivity contribution in [2.24, 2.45) is 0 Å². The number of aromatic amines is 1. The number of imide groups is 1. The average Bonchev–Trinajstić information content (AvgIpc) is 3.32. The number of nitrogens with one attached hydrogen (secondary N) is 3.